The molecule has 0 aliphatic heterocycles. The van der Waals surface area contributed by atoms with Crippen LogP contribution in [0.5, 0.6) is 5.75 Å². The van der Waals surface area contributed by atoms with E-state index in [1.54, 1.807) is 24.3 Å². The molecule has 0 saturated heterocycles. The lowest BCUT2D eigenvalue weighted by molar-refractivity contribution is -0.147. The van der Waals surface area contributed by atoms with E-state index >= 15 is 0 Å². The van der Waals surface area contributed by atoms with E-state index in [2.05, 4.69) is 5.32 Å². The van der Waals surface area contributed by atoms with Gasteiger partial charge in [0.25, 0.3) is 0 Å². The maximum atomic E-state index is 12.2. The molecule has 1 atom stereocenters. The quantitative estimate of drug-likeness (QED) is 0.483. The second kappa shape index (κ2) is 10.2. The number of carbonyl (C=O) groups excluding carboxylic acids is 1. The van der Waals surface area contributed by atoms with Gasteiger partial charge in [0.1, 0.15) is 5.75 Å². The summed E-state index contributed by atoms with van der Waals surface area (Å²) in [6.07, 6.45) is 1.06. The average molecular weight is 406 g/mol. The molecule has 0 radical (unpaired) electrons. The molecule has 0 amide bonds. The highest BCUT2D eigenvalue weighted by Crippen LogP contribution is 2.23. The summed E-state index contributed by atoms with van der Waals surface area (Å²) in [5, 5.41) is 3.38. The monoisotopic (exact) mass is 405 g/mol. The second-order valence-electron chi connectivity index (χ2n) is 6.91. The number of esters is 1. The largest absolute Gasteiger partial charge is 0.463 e. The Kier molecular flexibility index (Phi) is 8.02. The lowest BCUT2D eigenvalue weighted by atomic mass is 9.95. The zero-order chi connectivity index (χ0) is 20.6. The predicted octanol–water partition coefficient (Wildman–Crippen LogP) is 3.24. The third-order valence-corrected chi connectivity index (χ3v) is 4.44. The van der Waals surface area contributed by atoms with E-state index in [9.17, 15) is 13.2 Å². The fourth-order valence-corrected chi connectivity index (χ4v) is 3.24. The minimum atomic E-state index is -3.57. The van der Waals surface area contributed by atoms with Crippen molar-refractivity contribution in [1.29, 1.82) is 0 Å². The summed E-state index contributed by atoms with van der Waals surface area (Å²) in [4.78, 5) is 12.2. The van der Waals surface area contributed by atoms with Crippen molar-refractivity contribution in [2.24, 2.45) is 0 Å². The molecule has 0 aliphatic carbocycles. The van der Waals surface area contributed by atoms with Gasteiger partial charge in [0, 0.05) is 19.0 Å². The van der Waals surface area contributed by atoms with Gasteiger partial charge in [-0.3, -0.25) is 4.79 Å². The molecule has 2 rings (SSSR count). The highest BCUT2D eigenvalue weighted by molar-refractivity contribution is 7.86. The number of benzene rings is 2. The summed E-state index contributed by atoms with van der Waals surface area (Å²) in [6.45, 7) is 4.90. The van der Waals surface area contributed by atoms with E-state index in [1.165, 1.54) is 0 Å². The van der Waals surface area contributed by atoms with Gasteiger partial charge in [-0.05, 0) is 37.1 Å². The van der Waals surface area contributed by atoms with Crippen molar-refractivity contribution in [3.63, 3.8) is 0 Å². The van der Waals surface area contributed by atoms with Crippen LogP contribution in [0.25, 0.3) is 0 Å². The Bertz CT molecular complexity index is 848. The van der Waals surface area contributed by atoms with E-state index in [0.29, 0.717) is 13.1 Å². The summed E-state index contributed by atoms with van der Waals surface area (Å²) >= 11 is 0. The maximum Gasteiger partial charge on any atom is 0.306 e. The Labute approximate surface area is 167 Å². The molecule has 28 heavy (non-hydrogen) atoms. The molecule has 1 N–H and O–H groups in total. The normalized spacial score (nSPS) is 12.6. The van der Waals surface area contributed by atoms with Gasteiger partial charge in [-0.25, -0.2) is 0 Å². The van der Waals surface area contributed by atoms with Crippen molar-refractivity contribution in [1.82, 2.24) is 5.32 Å². The van der Waals surface area contributed by atoms with E-state index in [4.69, 9.17) is 8.92 Å². The predicted molar refractivity (Wildman–Crippen MR) is 109 cm³/mol. The summed E-state index contributed by atoms with van der Waals surface area (Å²) in [5.41, 5.74) is 2.06. The molecule has 0 aromatic heterocycles. The van der Waals surface area contributed by atoms with Crippen molar-refractivity contribution in [2.75, 3.05) is 12.8 Å². The smallest absolute Gasteiger partial charge is 0.306 e. The Morgan fingerprint density at radius 2 is 1.68 bits per heavy atom. The van der Waals surface area contributed by atoms with Crippen LogP contribution in [0.2, 0.25) is 0 Å². The van der Waals surface area contributed by atoms with Gasteiger partial charge in [0.2, 0.25) is 0 Å². The topological polar surface area (TPSA) is 81.7 Å². The first-order chi connectivity index (χ1) is 13.2. The van der Waals surface area contributed by atoms with Crippen LogP contribution in [0.3, 0.4) is 0 Å². The van der Waals surface area contributed by atoms with Crippen LogP contribution >= 0.6 is 0 Å². The molecule has 0 saturated carbocycles. The van der Waals surface area contributed by atoms with Gasteiger partial charge in [0.05, 0.1) is 18.8 Å². The third-order valence-electron chi connectivity index (χ3n) is 3.94. The number of ether oxygens (including phenoxy) is 1. The van der Waals surface area contributed by atoms with Crippen LogP contribution < -0.4 is 9.50 Å². The fraction of sp³-hybridized carbons (Fsp3) is 0.381. The first kappa shape index (κ1) is 21.9. The van der Waals surface area contributed by atoms with Crippen molar-refractivity contribution < 1.29 is 22.1 Å². The van der Waals surface area contributed by atoms with Crippen LogP contribution in [0, 0.1) is 0 Å². The number of nitrogens with one attached hydrogen (secondary N) is 1. The number of hydrogen-bond donors (Lipinski definition) is 1. The molecule has 0 heterocycles. The van der Waals surface area contributed by atoms with Gasteiger partial charge in [-0.2, -0.15) is 8.42 Å². The summed E-state index contributed by atoms with van der Waals surface area (Å²) in [7, 11) is -3.57. The summed E-state index contributed by atoms with van der Waals surface area (Å²) in [6, 6.07) is 16.7. The molecule has 6 nitrogen and oxygen atoms in total. The molecule has 7 heteroatoms. The zero-order valence-corrected chi connectivity index (χ0v) is 17.2. The number of rotatable bonds is 10. The first-order valence-corrected chi connectivity index (χ1v) is 11.0. The molecular weight excluding hydrogens is 378 g/mol. The van der Waals surface area contributed by atoms with Gasteiger partial charge in [-0.15, -0.1) is 0 Å². The van der Waals surface area contributed by atoms with Crippen molar-refractivity contribution in [3.8, 4) is 5.75 Å². The summed E-state index contributed by atoms with van der Waals surface area (Å²) in [5.74, 6) is -0.132. The lowest BCUT2D eigenvalue weighted by Gasteiger charge is -2.19. The highest BCUT2D eigenvalue weighted by Gasteiger charge is 2.18. The molecule has 2 aromatic carbocycles. The Morgan fingerprint density at radius 3 is 2.25 bits per heavy atom. The minimum Gasteiger partial charge on any atom is -0.463 e. The van der Waals surface area contributed by atoms with Crippen molar-refractivity contribution >= 4 is 16.1 Å². The molecule has 1 unspecified atom stereocenters. The van der Waals surface area contributed by atoms with Crippen LogP contribution in [-0.4, -0.2) is 33.3 Å². The number of carbonyl (C=O) groups is 1. The van der Waals surface area contributed by atoms with Gasteiger partial charge < -0.3 is 14.2 Å². The van der Waals surface area contributed by atoms with E-state index in [0.717, 1.165) is 17.4 Å². The molecule has 0 bridgehead atoms. The van der Waals surface area contributed by atoms with Gasteiger partial charge in [-0.1, -0.05) is 42.5 Å². The van der Waals surface area contributed by atoms with Gasteiger partial charge in [0.15, 0.2) is 0 Å². The van der Waals surface area contributed by atoms with E-state index in [1.807, 2.05) is 44.2 Å². The Balaban J connectivity index is 2.06. The molecule has 0 spiro atoms. The lowest BCUT2D eigenvalue weighted by Crippen LogP contribution is -2.24. The number of hydrogen-bond acceptors (Lipinski definition) is 6. The van der Waals surface area contributed by atoms with E-state index in [-0.39, 0.29) is 30.2 Å². The summed E-state index contributed by atoms with van der Waals surface area (Å²) < 4.78 is 32.7. The maximum absolute atomic E-state index is 12.2. The Morgan fingerprint density at radius 1 is 1.04 bits per heavy atom. The van der Waals surface area contributed by atoms with E-state index < -0.39 is 10.1 Å². The SMILES string of the molecule is CC(C)OC(=O)CC(CNCc1ccccc1)c1ccc(OS(C)(=O)=O)cc1. The average Bonchev–Trinajstić information content (AvgIpc) is 2.60. The molecule has 0 aliphatic rings. The van der Waals surface area contributed by atoms with Crippen LogP contribution in [0.4, 0.5) is 0 Å². The molecular formula is C21H27NO5S. The highest BCUT2D eigenvalue weighted by atomic mass is 32.2. The van der Waals surface area contributed by atoms with Crippen LogP contribution in [0.15, 0.2) is 54.6 Å². The molecule has 0 fully saturated rings. The Hall–Kier alpha value is -2.38. The zero-order valence-electron chi connectivity index (χ0n) is 16.4. The van der Waals surface area contributed by atoms with Crippen molar-refractivity contribution in [2.45, 2.75) is 38.8 Å². The van der Waals surface area contributed by atoms with Gasteiger partial charge >= 0.3 is 16.1 Å². The van der Waals surface area contributed by atoms with Crippen LogP contribution in [-0.2, 0) is 26.2 Å². The third kappa shape index (κ3) is 8.10. The minimum absolute atomic E-state index is 0.109. The standard InChI is InChI=1S/C21H27NO5S/c1-16(2)26-21(23)13-19(15-22-14-17-7-5-4-6-8-17)18-9-11-20(12-10-18)27-28(3,24)25/h4-12,16,19,22H,13-15H2,1-3H3. The second-order valence-corrected chi connectivity index (χ2v) is 8.49. The molecule has 2 aromatic rings. The van der Waals surface area contributed by atoms with Crippen LogP contribution in [0.1, 0.15) is 37.3 Å². The fourth-order valence-electron chi connectivity index (χ4n) is 2.78. The molecule has 152 valence electrons. The first-order valence-electron chi connectivity index (χ1n) is 9.16. The van der Waals surface area contributed by atoms with Crippen molar-refractivity contribution in [3.05, 3.63) is 65.7 Å².